The lowest BCUT2D eigenvalue weighted by Gasteiger charge is -2.20. The minimum atomic E-state index is 0.221. The van der Waals surface area contributed by atoms with Crippen molar-refractivity contribution in [3.8, 4) is 0 Å². The Hall–Kier alpha value is -0.870. The Bertz CT molecular complexity index is 303. The molecule has 1 aromatic rings. The topological polar surface area (TPSA) is 41.3 Å². The predicted octanol–water partition coefficient (Wildman–Crippen LogP) is 1.19. The third-order valence-electron chi connectivity index (χ3n) is 2.73. The number of hydrogen-bond donors (Lipinski definition) is 1. The van der Waals surface area contributed by atoms with Crippen LogP contribution in [0, 0.1) is 0 Å². The van der Waals surface area contributed by atoms with Crippen molar-refractivity contribution in [1.29, 1.82) is 0 Å². The molecule has 0 unspecified atom stereocenters. The zero-order valence-corrected chi connectivity index (χ0v) is 10.6. The molecule has 0 radical (unpaired) electrons. The van der Waals surface area contributed by atoms with E-state index in [9.17, 15) is 0 Å². The van der Waals surface area contributed by atoms with Gasteiger partial charge in [0.15, 0.2) is 0 Å². The summed E-state index contributed by atoms with van der Waals surface area (Å²) in [5.41, 5.74) is 2.36. The molecule has 4 heteroatoms. The van der Waals surface area contributed by atoms with E-state index in [1.165, 1.54) is 5.69 Å². The molecule has 0 aliphatic heterocycles. The molecule has 0 aliphatic rings. The maximum absolute atomic E-state index is 9.00. The van der Waals surface area contributed by atoms with E-state index < -0.39 is 0 Å². The molecule has 16 heavy (non-hydrogen) atoms. The SMILES string of the molecule is CCCN(CCO)Cc1cc(CC)nn1C. The van der Waals surface area contributed by atoms with Gasteiger partial charge in [-0.25, -0.2) is 0 Å². The zero-order chi connectivity index (χ0) is 12.0. The number of hydrogen-bond acceptors (Lipinski definition) is 3. The second-order valence-electron chi connectivity index (χ2n) is 4.10. The molecule has 0 amide bonds. The first kappa shape index (κ1) is 13.2. The van der Waals surface area contributed by atoms with Gasteiger partial charge in [0.1, 0.15) is 0 Å². The molecule has 1 heterocycles. The molecule has 1 rings (SSSR count). The lowest BCUT2D eigenvalue weighted by atomic mass is 10.3. The van der Waals surface area contributed by atoms with Gasteiger partial charge in [0.05, 0.1) is 18.0 Å². The van der Waals surface area contributed by atoms with E-state index >= 15 is 0 Å². The summed E-state index contributed by atoms with van der Waals surface area (Å²) in [6.45, 7) is 7.12. The highest BCUT2D eigenvalue weighted by Gasteiger charge is 2.09. The monoisotopic (exact) mass is 225 g/mol. The van der Waals surface area contributed by atoms with Crippen molar-refractivity contribution in [3.05, 3.63) is 17.5 Å². The summed E-state index contributed by atoms with van der Waals surface area (Å²) in [6.07, 6.45) is 2.08. The van der Waals surface area contributed by atoms with Crippen molar-refractivity contribution in [2.24, 2.45) is 7.05 Å². The quantitative estimate of drug-likeness (QED) is 0.758. The highest BCUT2D eigenvalue weighted by Crippen LogP contribution is 2.07. The molecule has 0 saturated heterocycles. The second-order valence-corrected chi connectivity index (χ2v) is 4.10. The van der Waals surface area contributed by atoms with Gasteiger partial charge in [-0.3, -0.25) is 9.58 Å². The van der Waals surface area contributed by atoms with Crippen molar-refractivity contribution in [2.45, 2.75) is 33.2 Å². The largest absolute Gasteiger partial charge is 0.395 e. The lowest BCUT2D eigenvalue weighted by Crippen LogP contribution is -2.28. The first-order chi connectivity index (χ1) is 7.71. The first-order valence-electron chi connectivity index (χ1n) is 6.06. The average molecular weight is 225 g/mol. The molecule has 1 N–H and O–H groups in total. The van der Waals surface area contributed by atoms with E-state index in [4.69, 9.17) is 5.11 Å². The molecule has 0 bridgehead atoms. The molecule has 0 aliphatic carbocycles. The van der Waals surface area contributed by atoms with Gasteiger partial charge in [-0.2, -0.15) is 5.10 Å². The number of aromatic nitrogens is 2. The summed E-state index contributed by atoms with van der Waals surface area (Å²) >= 11 is 0. The number of rotatable bonds is 7. The van der Waals surface area contributed by atoms with Crippen LogP contribution < -0.4 is 0 Å². The maximum Gasteiger partial charge on any atom is 0.0625 e. The Kier molecular flexibility index (Phi) is 5.49. The van der Waals surface area contributed by atoms with E-state index in [0.717, 1.165) is 38.2 Å². The van der Waals surface area contributed by atoms with Crippen LogP contribution in [0.25, 0.3) is 0 Å². The first-order valence-corrected chi connectivity index (χ1v) is 6.06. The standard InChI is InChI=1S/C12H23N3O/c1-4-6-15(7-8-16)10-12-9-11(5-2)13-14(12)3/h9,16H,4-8,10H2,1-3H3. The van der Waals surface area contributed by atoms with Gasteiger partial charge in [-0.15, -0.1) is 0 Å². The van der Waals surface area contributed by atoms with Crippen molar-refractivity contribution >= 4 is 0 Å². The van der Waals surface area contributed by atoms with Crippen LogP contribution in [0.2, 0.25) is 0 Å². The van der Waals surface area contributed by atoms with Crippen LogP contribution in [0.3, 0.4) is 0 Å². The van der Waals surface area contributed by atoms with E-state index in [-0.39, 0.29) is 6.61 Å². The van der Waals surface area contributed by atoms with Crippen LogP contribution in [0.1, 0.15) is 31.7 Å². The molecule has 0 atom stereocenters. The highest BCUT2D eigenvalue weighted by atomic mass is 16.3. The summed E-state index contributed by atoms with van der Waals surface area (Å²) < 4.78 is 1.94. The van der Waals surface area contributed by atoms with Gasteiger partial charge < -0.3 is 5.11 Å². The van der Waals surface area contributed by atoms with Gasteiger partial charge in [0.2, 0.25) is 0 Å². The number of nitrogens with zero attached hydrogens (tertiary/aromatic N) is 3. The zero-order valence-electron chi connectivity index (χ0n) is 10.6. The molecule has 0 spiro atoms. The summed E-state index contributed by atoms with van der Waals surface area (Å²) in [4.78, 5) is 2.26. The summed E-state index contributed by atoms with van der Waals surface area (Å²) in [5, 5.41) is 13.4. The van der Waals surface area contributed by atoms with Crippen LogP contribution in [-0.4, -0.2) is 39.5 Å². The fraction of sp³-hybridized carbons (Fsp3) is 0.750. The normalized spacial score (nSPS) is 11.3. The van der Waals surface area contributed by atoms with Crippen LogP contribution in [-0.2, 0) is 20.0 Å². The fourth-order valence-electron chi connectivity index (χ4n) is 1.85. The minimum absolute atomic E-state index is 0.221. The van der Waals surface area contributed by atoms with Crippen molar-refractivity contribution in [2.75, 3.05) is 19.7 Å². The smallest absolute Gasteiger partial charge is 0.0625 e. The fourth-order valence-corrected chi connectivity index (χ4v) is 1.85. The predicted molar refractivity (Wildman–Crippen MR) is 65.2 cm³/mol. The Morgan fingerprint density at radius 3 is 2.62 bits per heavy atom. The third-order valence-corrected chi connectivity index (χ3v) is 2.73. The van der Waals surface area contributed by atoms with E-state index in [1.807, 2.05) is 11.7 Å². The average Bonchev–Trinajstić information content (AvgIpc) is 2.60. The van der Waals surface area contributed by atoms with Crippen molar-refractivity contribution in [1.82, 2.24) is 14.7 Å². The number of aliphatic hydroxyl groups excluding tert-OH is 1. The van der Waals surface area contributed by atoms with Gasteiger partial charge >= 0.3 is 0 Å². The Labute approximate surface area is 97.9 Å². The van der Waals surface area contributed by atoms with Crippen LogP contribution >= 0.6 is 0 Å². The molecular weight excluding hydrogens is 202 g/mol. The molecule has 1 aromatic heterocycles. The lowest BCUT2D eigenvalue weighted by molar-refractivity contribution is 0.187. The maximum atomic E-state index is 9.00. The van der Waals surface area contributed by atoms with Crippen LogP contribution in [0.4, 0.5) is 0 Å². The molecule has 92 valence electrons. The second kappa shape index (κ2) is 6.66. The summed E-state index contributed by atoms with van der Waals surface area (Å²) in [6, 6.07) is 2.15. The van der Waals surface area contributed by atoms with Crippen LogP contribution in [0.15, 0.2) is 6.07 Å². The van der Waals surface area contributed by atoms with Crippen molar-refractivity contribution < 1.29 is 5.11 Å². The highest BCUT2D eigenvalue weighted by molar-refractivity contribution is 5.10. The third kappa shape index (κ3) is 3.61. The van der Waals surface area contributed by atoms with Crippen LogP contribution in [0.5, 0.6) is 0 Å². The summed E-state index contributed by atoms with van der Waals surface area (Å²) in [7, 11) is 1.98. The van der Waals surface area contributed by atoms with Gasteiger partial charge in [0.25, 0.3) is 0 Å². The minimum Gasteiger partial charge on any atom is -0.395 e. The number of aliphatic hydroxyl groups is 1. The Morgan fingerprint density at radius 2 is 2.12 bits per heavy atom. The van der Waals surface area contributed by atoms with Gasteiger partial charge in [-0.05, 0) is 25.5 Å². The summed E-state index contributed by atoms with van der Waals surface area (Å²) in [5.74, 6) is 0. The molecule has 0 fully saturated rings. The van der Waals surface area contributed by atoms with E-state index in [2.05, 4.69) is 29.9 Å². The molecule has 0 aromatic carbocycles. The molecular formula is C12H23N3O. The number of aryl methyl sites for hydroxylation is 2. The van der Waals surface area contributed by atoms with Gasteiger partial charge in [0, 0.05) is 20.1 Å². The van der Waals surface area contributed by atoms with E-state index in [1.54, 1.807) is 0 Å². The Balaban J connectivity index is 2.64. The molecule has 0 saturated carbocycles. The van der Waals surface area contributed by atoms with Gasteiger partial charge in [-0.1, -0.05) is 13.8 Å². The van der Waals surface area contributed by atoms with Crippen molar-refractivity contribution in [3.63, 3.8) is 0 Å². The Morgan fingerprint density at radius 1 is 1.38 bits per heavy atom. The van der Waals surface area contributed by atoms with E-state index in [0.29, 0.717) is 0 Å². The molecule has 4 nitrogen and oxygen atoms in total.